The molecule has 606 valence electrons. The van der Waals surface area contributed by atoms with E-state index in [1.807, 2.05) is 0 Å². The van der Waals surface area contributed by atoms with Crippen LogP contribution in [0.2, 0.25) is 0 Å². The minimum atomic E-state index is -4.96. The molecule has 0 saturated carbocycles. The molecule has 0 heterocycles. The lowest BCUT2D eigenvalue weighted by Gasteiger charge is -2.21. The first-order valence-electron chi connectivity index (χ1n) is 43.0. The van der Waals surface area contributed by atoms with Gasteiger partial charge in [0.25, 0.3) is 0 Å². The first-order valence-corrected chi connectivity index (χ1v) is 46.0. The number of carbonyl (C=O) groups excluding carboxylic acids is 4. The van der Waals surface area contributed by atoms with Crippen molar-refractivity contribution in [1.82, 2.24) is 0 Å². The molecular formula is C83H162O17P2. The third kappa shape index (κ3) is 76.3. The number of carbonyl (C=O) groups is 4. The number of esters is 4. The van der Waals surface area contributed by atoms with Crippen LogP contribution in [0.25, 0.3) is 0 Å². The quantitative estimate of drug-likeness (QED) is 0.0222. The number of ether oxygens (including phenoxy) is 4. The van der Waals surface area contributed by atoms with Crippen LogP contribution >= 0.6 is 15.6 Å². The van der Waals surface area contributed by atoms with Crippen molar-refractivity contribution >= 4 is 39.5 Å². The van der Waals surface area contributed by atoms with Gasteiger partial charge in [-0.25, -0.2) is 9.13 Å². The molecule has 0 aromatic rings. The van der Waals surface area contributed by atoms with Crippen LogP contribution in [0, 0.1) is 11.8 Å². The number of phosphoric acid groups is 2. The van der Waals surface area contributed by atoms with Gasteiger partial charge in [0.05, 0.1) is 26.4 Å². The zero-order chi connectivity index (χ0) is 74.9. The molecule has 19 heteroatoms. The molecule has 5 atom stereocenters. The average molecular weight is 1490 g/mol. The molecule has 2 unspecified atom stereocenters. The van der Waals surface area contributed by atoms with Crippen molar-refractivity contribution < 1.29 is 80.2 Å². The number of unbranched alkanes of at least 4 members (excludes halogenated alkanes) is 52. The van der Waals surface area contributed by atoms with E-state index in [1.165, 1.54) is 250 Å². The summed E-state index contributed by atoms with van der Waals surface area (Å²) < 4.78 is 68.7. The maximum absolute atomic E-state index is 13.1. The molecule has 0 radical (unpaired) electrons. The van der Waals surface area contributed by atoms with E-state index >= 15 is 0 Å². The second-order valence-electron chi connectivity index (χ2n) is 30.8. The molecule has 0 aliphatic carbocycles. The smallest absolute Gasteiger partial charge is 0.462 e. The highest BCUT2D eigenvalue weighted by Gasteiger charge is 2.30. The van der Waals surface area contributed by atoms with Crippen LogP contribution in [-0.2, 0) is 65.4 Å². The van der Waals surface area contributed by atoms with E-state index in [2.05, 4.69) is 41.5 Å². The van der Waals surface area contributed by atoms with Crippen molar-refractivity contribution in [3.8, 4) is 0 Å². The monoisotopic (exact) mass is 1490 g/mol. The van der Waals surface area contributed by atoms with Gasteiger partial charge in [0.15, 0.2) is 12.2 Å². The van der Waals surface area contributed by atoms with Crippen LogP contribution in [-0.4, -0.2) is 96.7 Å². The molecular weight excluding hydrogens is 1330 g/mol. The van der Waals surface area contributed by atoms with Gasteiger partial charge >= 0.3 is 39.5 Å². The van der Waals surface area contributed by atoms with E-state index in [1.54, 1.807) is 0 Å². The average Bonchev–Trinajstić information content (AvgIpc) is 0.915. The van der Waals surface area contributed by atoms with Crippen LogP contribution in [0.15, 0.2) is 0 Å². The highest BCUT2D eigenvalue weighted by atomic mass is 31.2. The number of hydrogen-bond donors (Lipinski definition) is 3. The minimum Gasteiger partial charge on any atom is -0.462 e. The summed E-state index contributed by atoms with van der Waals surface area (Å²) in [7, 11) is -9.92. The topological polar surface area (TPSA) is 237 Å². The molecule has 0 amide bonds. The summed E-state index contributed by atoms with van der Waals surface area (Å²) in [4.78, 5) is 73.0. The number of rotatable bonds is 82. The zero-order valence-corrected chi connectivity index (χ0v) is 68.7. The van der Waals surface area contributed by atoms with Crippen LogP contribution in [0.5, 0.6) is 0 Å². The van der Waals surface area contributed by atoms with E-state index in [0.29, 0.717) is 25.7 Å². The van der Waals surface area contributed by atoms with Gasteiger partial charge in [-0.1, -0.05) is 388 Å². The summed E-state index contributed by atoms with van der Waals surface area (Å²) in [6.45, 7) is 9.64. The lowest BCUT2D eigenvalue weighted by molar-refractivity contribution is -0.161. The van der Waals surface area contributed by atoms with Gasteiger partial charge in [-0.05, 0) is 37.5 Å². The molecule has 0 saturated heterocycles. The summed E-state index contributed by atoms with van der Waals surface area (Å²) in [5.41, 5.74) is 0. The van der Waals surface area contributed by atoms with Gasteiger partial charge in [-0.15, -0.1) is 0 Å². The van der Waals surface area contributed by atoms with Gasteiger partial charge in [0, 0.05) is 25.7 Å². The second kappa shape index (κ2) is 74.5. The zero-order valence-electron chi connectivity index (χ0n) is 66.9. The largest absolute Gasteiger partial charge is 0.472 e. The minimum absolute atomic E-state index is 0.107. The van der Waals surface area contributed by atoms with Crippen LogP contribution in [0.3, 0.4) is 0 Å². The van der Waals surface area contributed by atoms with E-state index in [0.717, 1.165) is 108 Å². The van der Waals surface area contributed by atoms with Crippen molar-refractivity contribution in [3.05, 3.63) is 0 Å². The Balaban J connectivity index is 5.18. The van der Waals surface area contributed by atoms with Crippen LogP contribution in [0.1, 0.15) is 440 Å². The van der Waals surface area contributed by atoms with Crippen molar-refractivity contribution in [2.75, 3.05) is 39.6 Å². The Kier molecular flexibility index (Phi) is 73.1. The highest BCUT2D eigenvalue weighted by molar-refractivity contribution is 7.47. The Morgan fingerprint density at radius 3 is 0.667 bits per heavy atom. The summed E-state index contributed by atoms with van der Waals surface area (Å²) in [5, 5.41) is 10.6. The summed E-state index contributed by atoms with van der Waals surface area (Å²) in [6, 6.07) is 0. The normalized spacial score (nSPS) is 13.9. The summed E-state index contributed by atoms with van der Waals surface area (Å²) >= 11 is 0. The van der Waals surface area contributed by atoms with Gasteiger partial charge in [0.1, 0.15) is 19.3 Å². The molecule has 0 spiro atoms. The maximum atomic E-state index is 13.1. The molecule has 17 nitrogen and oxygen atoms in total. The third-order valence-corrected chi connectivity index (χ3v) is 21.4. The first-order chi connectivity index (χ1) is 49.4. The van der Waals surface area contributed by atoms with Crippen LogP contribution in [0.4, 0.5) is 0 Å². The molecule has 0 aromatic heterocycles. The van der Waals surface area contributed by atoms with Crippen molar-refractivity contribution in [3.63, 3.8) is 0 Å². The van der Waals surface area contributed by atoms with E-state index in [9.17, 15) is 43.2 Å². The molecule has 0 fully saturated rings. The summed E-state index contributed by atoms with van der Waals surface area (Å²) in [5.74, 6) is -0.538. The fourth-order valence-corrected chi connectivity index (χ4v) is 14.5. The molecule has 0 aliphatic heterocycles. The number of aliphatic hydroxyl groups is 1. The molecule has 0 rings (SSSR count). The standard InChI is InChI=1S/C83H162O17P2/c1-7-9-11-13-15-17-18-19-20-21-22-23-24-25-26-29-33-38-43-49-55-61-67-82(87)100-79(72-94-81(86)66-60-54-48-42-37-32-30-27-28-31-35-40-45-51-57-63-75(3)4)74-98-102(91,92)96-70-77(84)69-95-101(89,90)97-73-78(71-93-80(85)65-59-53-47-16-14-12-10-8-2)99-83(88)68-62-56-50-44-39-34-36-41-46-52-58-64-76(5)6/h75-79,84H,7-74H2,1-6H3,(H,89,90)(H,91,92)/t77-,78+,79+/m0/s1. The van der Waals surface area contributed by atoms with Crippen LogP contribution < -0.4 is 0 Å². The van der Waals surface area contributed by atoms with Crippen molar-refractivity contribution in [2.45, 2.75) is 458 Å². The lowest BCUT2D eigenvalue weighted by atomic mass is 10.0. The Labute approximate surface area is 626 Å². The fraction of sp³-hybridized carbons (Fsp3) is 0.952. The number of aliphatic hydroxyl groups excluding tert-OH is 1. The highest BCUT2D eigenvalue weighted by Crippen LogP contribution is 2.45. The van der Waals surface area contributed by atoms with Gasteiger partial charge in [-0.3, -0.25) is 37.3 Å². The van der Waals surface area contributed by atoms with Gasteiger partial charge < -0.3 is 33.8 Å². The predicted molar refractivity (Wildman–Crippen MR) is 418 cm³/mol. The van der Waals surface area contributed by atoms with Crippen molar-refractivity contribution in [2.24, 2.45) is 11.8 Å². The third-order valence-electron chi connectivity index (χ3n) is 19.5. The molecule has 0 aromatic carbocycles. The SMILES string of the molecule is CCCCCCCCCCCCCCCCCCCCCCCCC(=O)O[C@H](COC(=O)CCCCCCCCCCCCCCCCCC(C)C)COP(=O)(O)OC[C@@H](O)COP(=O)(O)OC[C@@H](COC(=O)CCCCCCCCCC)OC(=O)CCCCCCCCCCCCCC(C)C. The van der Waals surface area contributed by atoms with Crippen molar-refractivity contribution in [1.29, 1.82) is 0 Å². The molecule has 102 heavy (non-hydrogen) atoms. The predicted octanol–water partition coefficient (Wildman–Crippen LogP) is 25.1. The number of hydrogen-bond acceptors (Lipinski definition) is 15. The summed E-state index contributed by atoms with van der Waals surface area (Å²) in [6.07, 6.45) is 65.4. The van der Waals surface area contributed by atoms with E-state index in [4.69, 9.17) is 37.0 Å². The molecule has 0 aliphatic rings. The Bertz CT molecular complexity index is 1960. The van der Waals surface area contributed by atoms with Gasteiger partial charge in [0.2, 0.25) is 0 Å². The maximum Gasteiger partial charge on any atom is 0.472 e. The Hall–Kier alpha value is -1.94. The Morgan fingerprint density at radius 2 is 0.451 bits per heavy atom. The lowest BCUT2D eigenvalue weighted by Crippen LogP contribution is -2.30. The molecule has 0 bridgehead atoms. The second-order valence-corrected chi connectivity index (χ2v) is 33.7. The molecule has 3 N–H and O–H groups in total. The Morgan fingerprint density at radius 1 is 0.265 bits per heavy atom. The first kappa shape index (κ1) is 100. The number of phosphoric ester groups is 2. The van der Waals surface area contributed by atoms with Gasteiger partial charge in [-0.2, -0.15) is 0 Å². The van der Waals surface area contributed by atoms with E-state index < -0.39 is 97.5 Å². The van der Waals surface area contributed by atoms with E-state index in [-0.39, 0.29) is 25.7 Å². The fourth-order valence-electron chi connectivity index (χ4n) is 12.9.